The van der Waals surface area contributed by atoms with Gasteiger partial charge in [0.1, 0.15) is 11.5 Å². The number of fused-ring (bicyclic) bond motifs is 9. The second-order valence-corrected chi connectivity index (χ2v) is 9.31. The monoisotopic (exact) mass is 439 g/mol. The predicted molar refractivity (Wildman–Crippen MR) is 122 cm³/mol. The van der Waals surface area contributed by atoms with Crippen molar-refractivity contribution in [3.8, 4) is 11.5 Å². The first-order chi connectivity index (χ1) is 15.3. The third-order valence-electron chi connectivity index (χ3n) is 6.58. The summed E-state index contributed by atoms with van der Waals surface area (Å²) in [5, 5.41) is 0. The summed E-state index contributed by atoms with van der Waals surface area (Å²) in [6.07, 6.45) is 1.85. The molecule has 0 aliphatic carbocycles. The molecule has 0 radical (unpaired) electrons. The van der Waals surface area contributed by atoms with Crippen molar-refractivity contribution in [2.24, 2.45) is 5.92 Å². The number of para-hydroxylation sites is 2. The van der Waals surface area contributed by atoms with E-state index >= 15 is 0 Å². The summed E-state index contributed by atoms with van der Waals surface area (Å²) >= 11 is 1.93. The molecule has 0 saturated carbocycles. The van der Waals surface area contributed by atoms with Crippen LogP contribution in [0.15, 0.2) is 48.5 Å². The van der Waals surface area contributed by atoms with Gasteiger partial charge in [0, 0.05) is 29.2 Å². The number of thioether (sulfide) groups is 1. The van der Waals surface area contributed by atoms with Gasteiger partial charge >= 0.3 is 5.97 Å². The van der Waals surface area contributed by atoms with Crippen LogP contribution in [0.5, 0.6) is 11.5 Å². The molecule has 2 aromatic rings. The highest BCUT2D eigenvalue weighted by Crippen LogP contribution is 2.56. The zero-order valence-electron chi connectivity index (χ0n) is 17.9. The van der Waals surface area contributed by atoms with Crippen molar-refractivity contribution in [3.63, 3.8) is 0 Å². The Labute approximate surface area is 188 Å². The first-order valence-corrected chi connectivity index (χ1v) is 12.4. The maximum atomic E-state index is 13.5. The van der Waals surface area contributed by atoms with Gasteiger partial charge in [-0.15, -0.1) is 11.8 Å². The fourth-order valence-corrected chi connectivity index (χ4v) is 6.62. The Balaban J connectivity index is 1.69. The molecule has 2 aromatic carbocycles. The van der Waals surface area contributed by atoms with Crippen molar-refractivity contribution < 1.29 is 19.0 Å². The molecule has 0 N–H and O–H groups in total. The van der Waals surface area contributed by atoms with Crippen LogP contribution in [0, 0.1) is 5.92 Å². The number of carbonyl (C=O) groups is 1. The average Bonchev–Trinajstić information content (AvgIpc) is 3.37. The number of esters is 1. The fourth-order valence-electron chi connectivity index (χ4n) is 5.31. The van der Waals surface area contributed by atoms with Gasteiger partial charge < -0.3 is 14.2 Å². The average molecular weight is 440 g/mol. The van der Waals surface area contributed by atoms with E-state index in [0.29, 0.717) is 19.8 Å². The second kappa shape index (κ2) is 9.13. The molecule has 0 aromatic heterocycles. The van der Waals surface area contributed by atoms with E-state index in [1.54, 1.807) is 0 Å². The van der Waals surface area contributed by atoms with E-state index in [9.17, 15) is 4.79 Å². The number of benzene rings is 2. The van der Waals surface area contributed by atoms with Gasteiger partial charge in [-0.25, -0.2) is 0 Å². The molecule has 6 heteroatoms. The van der Waals surface area contributed by atoms with Gasteiger partial charge in [0.2, 0.25) is 0 Å². The van der Waals surface area contributed by atoms with Gasteiger partial charge in [0.15, 0.2) is 0 Å². The Hall–Kier alpha value is -2.18. The van der Waals surface area contributed by atoms with Crippen LogP contribution in [0.3, 0.4) is 0 Å². The Bertz CT molecular complexity index is 870. The van der Waals surface area contributed by atoms with E-state index in [2.05, 4.69) is 23.1 Å². The highest BCUT2D eigenvalue weighted by Gasteiger charge is 2.56. The van der Waals surface area contributed by atoms with Crippen LogP contribution in [0.2, 0.25) is 0 Å². The molecule has 0 unspecified atom stereocenters. The fraction of sp³-hybridized carbons (Fsp3) is 0.480. The molecule has 3 heterocycles. The maximum Gasteiger partial charge on any atom is 0.311 e. The van der Waals surface area contributed by atoms with Crippen LogP contribution >= 0.6 is 11.8 Å². The van der Waals surface area contributed by atoms with Gasteiger partial charge in [-0.05, 0) is 37.5 Å². The number of ether oxygens (including phenoxy) is 3. The van der Waals surface area contributed by atoms with E-state index < -0.39 is 0 Å². The Morgan fingerprint density at radius 3 is 2.39 bits per heavy atom. The largest absolute Gasteiger partial charge is 0.493 e. The molecule has 0 spiro atoms. The molecule has 0 amide bonds. The quantitative estimate of drug-likeness (QED) is 0.636. The predicted octanol–water partition coefficient (Wildman–Crippen LogP) is 4.63. The van der Waals surface area contributed by atoms with Crippen LogP contribution in [0.1, 0.15) is 42.9 Å². The van der Waals surface area contributed by atoms with Crippen LogP contribution in [0.25, 0.3) is 0 Å². The minimum atomic E-state index is -0.305. The summed E-state index contributed by atoms with van der Waals surface area (Å²) in [4.78, 5) is 15.9. The van der Waals surface area contributed by atoms with Crippen LogP contribution < -0.4 is 9.47 Å². The molecule has 4 atom stereocenters. The third kappa shape index (κ3) is 3.80. The molecule has 2 bridgehead atoms. The Morgan fingerprint density at radius 1 is 1.03 bits per heavy atom. The smallest absolute Gasteiger partial charge is 0.311 e. The SMILES string of the molecule is CCOC(=O)[C@@H]1[C@H]2c3ccccc3OCCCCOc3ccccc3[C@H]1N1CSC[C@@H]21. The van der Waals surface area contributed by atoms with Crippen molar-refractivity contribution in [2.45, 2.75) is 37.8 Å². The number of nitrogens with zero attached hydrogens (tertiary/aromatic N) is 1. The maximum absolute atomic E-state index is 13.5. The van der Waals surface area contributed by atoms with Crippen molar-refractivity contribution in [2.75, 3.05) is 31.5 Å². The van der Waals surface area contributed by atoms with Crippen molar-refractivity contribution in [1.82, 2.24) is 4.90 Å². The van der Waals surface area contributed by atoms with Crippen molar-refractivity contribution >= 4 is 17.7 Å². The molecule has 31 heavy (non-hydrogen) atoms. The molecule has 5 nitrogen and oxygen atoms in total. The summed E-state index contributed by atoms with van der Waals surface area (Å²) in [7, 11) is 0. The van der Waals surface area contributed by atoms with Gasteiger partial charge in [-0.2, -0.15) is 0 Å². The van der Waals surface area contributed by atoms with Crippen LogP contribution in [0.4, 0.5) is 0 Å². The third-order valence-corrected chi connectivity index (χ3v) is 7.64. The molecular formula is C25H29NO4S. The first kappa shape index (κ1) is 20.7. The summed E-state index contributed by atoms with van der Waals surface area (Å²) in [5.41, 5.74) is 2.21. The van der Waals surface area contributed by atoms with E-state index in [-0.39, 0.29) is 29.9 Å². The summed E-state index contributed by atoms with van der Waals surface area (Å²) in [6.45, 7) is 3.54. The van der Waals surface area contributed by atoms with E-state index in [4.69, 9.17) is 14.2 Å². The zero-order valence-corrected chi connectivity index (χ0v) is 18.7. The van der Waals surface area contributed by atoms with Gasteiger partial charge in [-0.1, -0.05) is 36.4 Å². The van der Waals surface area contributed by atoms with Gasteiger partial charge in [0.05, 0.1) is 31.8 Å². The number of carbonyl (C=O) groups excluding carboxylic acids is 1. The lowest BCUT2D eigenvalue weighted by Crippen LogP contribution is -2.30. The topological polar surface area (TPSA) is 48.0 Å². The lowest BCUT2D eigenvalue weighted by Gasteiger charge is -2.28. The number of hydrogen-bond donors (Lipinski definition) is 0. The second-order valence-electron chi connectivity index (χ2n) is 8.31. The van der Waals surface area contributed by atoms with Crippen LogP contribution in [-0.4, -0.2) is 48.4 Å². The molecule has 2 saturated heterocycles. The van der Waals surface area contributed by atoms with Crippen LogP contribution in [-0.2, 0) is 9.53 Å². The molecule has 164 valence electrons. The molecule has 3 aliphatic rings. The normalized spacial score (nSPS) is 27.9. The lowest BCUT2D eigenvalue weighted by molar-refractivity contribution is -0.149. The summed E-state index contributed by atoms with van der Waals surface area (Å²) < 4.78 is 18.1. The van der Waals surface area contributed by atoms with Crippen molar-refractivity contribution in [3.05, 3.63) is 59.7 Å². The molecule has 2 fully saturated rings. The van der Waals surface area contributed by atoms with Crippen molar-refractivity contribution in [1.29, 1.82) is 0 Å². The molecule has 3 aliphatic heterocycles. The summed E-state index contributed by atoms with van der Waals surface area (Å²) in [5.74, 6) is 3.26. The van der Waals surface area contributed by atoms with E-state index in [0.717, 1.165) is 47.1 Å². The molecule has 5 rings (SSSR count). The van der Waals surface area contributed by atoms with E-state index in [1.807, 2.05) is 49.0 Å². The molecular weight excluding hydrogens is 410 g/mol. The summed E-state index contributed by atoms with van der Waals surface area (Å²) in [6, 6.07) is 16.6. The van der Waals surface area contributed by atoms with Gasteiger partial charge in [0.25, 0.3) is 0 Å². The minimum absolute atomic E-state index is 0.0176. The van der Waals surface area contributed by atoms with Gasteiger partial charge in [-0.3, -0.25) is 9.69 Å². The van der Waals surface area contributed by atoms with E-state index in [1.165, 1.54) is 0 Å². The minimum Gasteiger partial charge on any atom is -0.493 e. The Kier molecular flexibility index (Phi) is 6.10. The number of hydrogen-bond acceptors (Lipinski definition) is 6. The number of rotatable bonds is 2. The first-order valence-electron chi connectivity index (χ1n) is 11.2. The standard InChI is InChI=1S/C25H29NO4S/c1-2-28-25(27)23-22-17-9-3-5-11-20(17)29-13-7-8-14-30-21-12-6-4-10-18(21)24(23)26-16-31-15-19(22)26/h3-6,9-12,19,22-24H,2,7-8,13-16H2,1H3/t19-,22-,23+,24+/m0/s1. The Morgan fingerprint density at radius 2 is 1.68 bits per heavy atom. The lowest BCUT2D eigenvalue weighted by atomic mass is 9.79. The zero-order chi connectivity index (χ0) is 21.2. The highest BCUT2D eigenvalue weighted by atomic mass is 32.2. The highest BCUT2D eigenvalue weighted by molar-refractivity contribution is 7.99.